The zero-order valence-corrected chi connectivity index (χ0v) is 13.4. The molecule has 1 heterocycles. The third-order valence-electron chi connectivity index (χ3n) is 3.31. The van der Waals surface area contributed by atoms with Crippen LogP contribution in [0.15, 0.2) is 41.0 Å². The average Bonchev–Trinajstić information content (AvgIpc) is 2.48. The molecule has 2 rings (SSSR count). The minimum atomic E-state index is -0.892. The molecule has 0 bridgehead atoms. The van der Waals surface area contributed by atoms with Crippen molar-refractivity contribution in [3.8, 4) is 5.75 Å². The van der Waals surface area contributed by atoms with Crippen LogP contribution < -0.4 is 4.74 Å². The van der Waals surface area contributed by atoms with Crippen LogP contribution in [0.1, 0.15) is 22.7 Å². The van der Waals surface area contributed by atoms with E-state index in [1.807, 2.05) is 37.3 Å². The Morgan fingerprint density at radius 3 is 2.86 bits per heavy atom. The summed E-state index contributed by atoms with van der Waals surface area (Å²) in [6, 6.07) is 9.27. The van der Waals surface area contributed by atoms with E-state index >= 15 is 0 Å². The number of hydrogen-bond donors (Lipinski definition) is 1. The highest BCUT2D eigenvalue weighted by Crippen LogP contribution is 2.29. The van der Waals surface area contributed by atoms with Gasteiger partial charge in [0.1, 0.15) is 11.7 Å². The largest absolute Gasteiger partial charge is 0.497 e. The molecule has 4 nitrogen and oxygen atoms in total. The van der Waals surface area contributed by atoms with E-state index in [1.54, 1.807) is 13.3 Å². The minimum Gasteiger partial charge on any atom is -0.497 e. The van der Waals surface area contributed by atoms with Gasteiger partial charge in [-0.25, -0.2) is 0 Å². The SMILES string of the molecule is COc1cccc(CC(C(=O)O)c2nccc(C)c2Br)c1. The molecule has 0 saturated carbocycles. The summed E-state index contributed by atoms with van der Waals surface area (Å²) in [6.45, 7) is 1.92. The number of nitrogens with zero attached hydrogens (tertiary/aromatic N) is 1. The second-order valence-corrected chi connectivity index (χ2v) is 5.57. The molecule has 1 atom stereocenters. The maximum absolute atomic E-state index is 11.6. The number of carbonyl (C=O) groups is 1. The third kappa shape index (κ3) is 3.61. The van der Waals surface area contributed by atoms with Crippen LogP contribution in [0.3, 0.4) is 0 Å². The predicted molar refractivity (Wildman–Crippen MR) is 83.7 cm³/mol. The van der Waals surface area contributed by atoms with Crippen molar-refractivity contribution in [1.29, 1.82) is 0 Å². The first kappa shape index (κ1) is 15.5. The lowest BCUT2D eigenvalue weighted by Crippen LogP contribution is -2.17. The van der Waals surface area contributed by atoms with Crippen molar-refractivity contribution in [3.63, 3.8) is 0 Å². The maximum atomic E-state index is 11.6. The van der Waals surface area contributed by atoms with Crippen LogP contribution in [0.5, 0.6) is 5.75 Å². The van der Waals surface area contributed by atoms with Gasteiger partial charge in [0.2, 0.25) is 0 Å². The number of aryl methyl sites for hydroxylation is 1. The Balaban J connectivity index is 2.35. The molecule has 0 spiro atoms. The molecular formula is C16H16BrNO3. The minimum absolute atomic E-state index is 0.363. The van der Waals surface area contributed by atoms with E-state index in [-0.39, 0.29) is 0 Å². The molecule has 0 fully saturated rings. The summed E-state index contributed by atoms with van der Waals surface area (Å²) >= 11 is 3.44. The Bertz CT molecular complexity index is 658. The molecule has 0 saturated heterocycles. The van der Waals surface area contributed by atoms with Gasteiger partial charge in [0.15, 0.2) is 0 Å². The van der Waals surface area contributed by atoms with Crippen molar-refractivity contribution in [2.45, 2.75) is 19.3 Å². The predicted octanol–water partition coefficient (Wildman–Crippen LogP) is 3.57. The van der Waals surface area contributed by atoms with E-state index in [0.717, 1.165) is 15.6 Å². The fraction of sp³-hybridized carbons (Fsp3) is 0.250. The molecule has 5 heteroatoms. The number of aliphatic carboxylic acids is 1. The monoisotopic (exact) mass is 349 g/mol. The molecule has 1 unspecified atom stereocenters. The van der Waals surface area contributed by atoms with Gasteiger partial charge in [-0.3, -0.25) is 9.78 Å². The van der Waals surface area contributed by atoms with E-state index in [0.29, 0.717) is 17.9 Å². The van der Waals surface area contributed by atoms with Gasteiger partial charge in [0, 0.05) is 10.7 Å². The van der Waals surface area contributed by atoms with Crippen molar-refractivity contribution in [2.24, 2.45) is 0 Å². The Labute approximate surface area is 131 Å². The summed E-state index contributed by atoms with van der Waals surface area (Å²) in [5.41, 5.74) is 2.42. The summed E-state index contributed by atoms with van der Waals surface area (Å²) in [5, 5.41) is 9.54. The lowest BCUT2D eigenvalue weighted by molar-refractivity contribution is -0.138. The highest BCUT2D eigenvalue weighted by atomic mass is 79.9. The van der Waals surface area contributed by atoms with Gasteiger partial charge < -0.3 is 9.84 Å². The van der Waals surface area contributed by atoms with E-state index in [2.05, 4.69) is 20.9 Å². The number of pyridine rings is 1. The highest BCUT2D eigenvalue weighted by Gasteiger charge is 2.24. The number of halogens is 1. The Morgan fingerprint density at radius 2 is 2.19 bits per heavy atom. The molecule has 0 aliphatic heterocycles. The fourth-order valence-electron chi connectivity index (χ4n) is 2.14. The Hall–Kier alpha value is -1.88. The van der Waals surface area contributed by atoms with Crippen LogP contribution in [0.4, 0.5) is 0 Å². The normalized spacial score (nSPS) is 12.0. The number of aromatic nitrogens is 1. The Morgan fingerprint density at radius 1 is 1.43 bits per heavy atom. The number of hydrogen-bond acceptors (Lipinski definition) is 3. The zero-order valence-electron chi connectivity index (χ0n) is 11.8. The van der Waals surface area contributed by atoms with Gasteiger partial charge in [-0.15, -0.1) is 0 Å². The first-order valence-electron chi connectivity index (χ1n) is 6.49. The second-order valence-electron chi connectivity index (χ2n) is 4.77. The summed E-state index contributed by atoms with van der Waals surface area (Å²) in [4.78, 5) is 15.9. The molecule has 0 radical (unpaired) electrons. The van der Waals surface area contributed by atoms with Crippen molar-refractivity contribution in [3.05, 3.63) is 57.8 Å². The Kier molecular flexibility index (Phi) is 4.96. The third-order valence-corrected chi connectivity index (χ3v) is 4.34. The first-order valence-corrected chi connectivity index (χ1v) is 7.29. The molecular weight excluding hydrogens is 334 g/mol. The molecule has 1 aromatic carbocycles. The zero-order chi connectivity index (χ0) is 15.4. The van der Waals surface area contributed by atoms with Gasteiger partial charge in [0.05, 0.1) is 12.8 Å². The van der Waals surface area contributed by atoms with Crippen LogP contribution in [0.2, 0.25) is 0 Å². The molecule has 1 aromatic heterocycles. The lowest BCUT2D eigenvalue weighted by Gasteiger charge is -2.15. The average molecular weight is 350 g/mol. The summed E-state index contributed by atoms with van der Waals surface area (Å²) in [5.74, 6) is -0.879. The lowest BCUT2D eigenvalue weighted by atomic mass is 9.95. The van der Waals surface area contributed by atoms with Crippen LogP contribution in [0.25, 0.3) is 0 Å². The molecule has 0 aliphatic carbocycles. The quantitative estimate of drug-likeness (QED) is 0.896. The summed E-state index contributed by atoms with van der Waals surface area (Å²) < 4.78 is 5.92. The number of benzene rings is 1. The van der Waals surface area contributed by atoms with Crippen molar-refractivity contribution in [2.75, 3.05) is 7.11 Å². The fourth-order valence-corrected chi connectivity index (χ4v) is 2.65. The topological polar surface area (TPSA) is 59.4 Å². The van der Waals surface area contributed by atoms with E-state index in [9.17, 15) is 9.90 Å². The van der Waals surface area contributed by atoms with Crippen molar-refractivity contribution in [1.82, 2.24) is 4.98 Å². The maximum Gasteiger partial charge on any atom is 0.312 e. The van der Waals surface area contributed by atoms with Gasteiger partial charge in [-0.05, 0) is 58.6 Å². The van der Waals surface area contributed by atoms with Gasteiger partial charge in [0.25, 0.3) is 0 Å². The van der Waals surface area contributed by atoms with Crippen LogP contribution in [-0.4, -0.2) is 23.2 Å². The highest BCUT2D eigenvalue weighted by molar-refractivity contribution is 9.10. The van der Waals surface area contributed by atoms with Gasteiger partial charge >= 0.3 is 5.97 Å². The molecule has 0 amide bonds. The van der Waals surface area contributed by atoms with E-state index in [1.165, 1.54) is 0 Å². The van der Waals surface area contributed by atoms with Gasteiger partial charge in [-0.1, -0.05) is 12.1 Å². The molecule has 0 aliphatic rings. The van der Waals surface area contributed by atoms with Crippen molar-refractivity contribution >= 4 is 21.9 Å². The number of ether oxygens (including phenoxy) is 1. The molecule has 21 heavy (non-hydrogen) atoms. The molecule has 1 N–H and O–H groups in total. The van der Waals surface area contributed by atoms with Crippen molar-refractivity contribution < 1.29 is 14.6 Å². The van der Waals surface area contributed by atoms with E-state index in [4.69, 9.17) is 4.74 Å². The van der Waals surface area contributed by atoms with Crippen LogP contribution in [0, 0.1) is 6.92 Å². The van der Waals surface area contributed by atoms with E-state index < -0.39 is 11.9 Å². The number of rotatable bonds is 5. The van der Waals surface area contributed by atoms with Gasteiger partial charge in [-0.2, -0.15) is 0 Å². The summed E-state index contributed by atoms with van der Waals surface area (Å²) in [6.07, 6.45) is 2.00. The standard InChI is InChI=1S/C16H16BrNO3/c1-10-6-7-18-15(14(10)17)13(16(19)20)9-11-4-3-5-12(8-11)21-2/h3-8,13H,9H2,1-2H3,(H,19,20). The number of methoxy groups -OCH3 is 1. The number of carboxylic acid groups (broad SMARTS) is 1. The summed E-state index contributed by atoms with van der Waals surface area (Å²) in [7, 11) is 1.59. The molecule has 110 valence electrons. The smallest absolute Gasteiger partial charge is 0.312 e. The second kappa shape index (κ2) is 6.72. The van der Waals surface area contributed by atoms with Crippen LogP contribution >= 0.6 is 15.9 Å². The number of carboxylic acids is 1. The first-order chi connectivity index (χ1) is 10.0. The molecule has 2 aromatic rings. The van der Waals surface area contributed by atoms with Crippen LogP contribution in [-0.2, 0) is 11.2 Å².